The summed E-state index contributed by atoms with van der Waals surface area (Å²) in [6.45, 7) is 1.70. The number of hydrogen-bond donors (Lipinski definition) is 2. The van der Waals surface area contributed by atoms with Crippen molar-refractivity contribution in [2.24, 2.45) is 4.99 Å². The van der Waals surface area contributed by atoms with Gasteiger partial charge in [0, 0.05) is 19.3 Å². The van der Waals surface area contributed by atoms with Gasteiger partial charge in [-0.3, -0.25) is 9.39 Å². The maximum atomic E-state index is 12.9. The highest BCUT2D eigenvalue weighted by atomic mass is 35.5. The lowest BCUT2D eigenvalue weighted by molar-refractivity contribution is -0.137. The molecule has 3 rings (SSSR count). The summed E-state index contributed by atoms with van der Waals surface area (Å²) in [6.07, 6.45) is -2.60. The third-order valence-electron chi connectivity index (χ3n) is 3.17. The first-order valence-electron chi connectivity index (χ1n) is 6.58. The summed E-state index contributed by atoms with van der Waals surface area (Å²) in [5.41, 5.74) is -0.663. The Morgan fingerprint density at radius 1 is 1.36 bits per heavy atom. The highest BCUT2D eigenvalue weighted by Crippen LogP contribution is 2.32. The molecule has 0 bridgehead atoms. The first-order valence-corrected chi connectivity index (χ1v) is 6.95. The molecule has 118 valence electrons. The summed E-state index contributed by atoms with van der Waals surface area (Å²) in [5.74, 6) is 0.916. The van der Waals surface area contributed by atoms with E-state index >= 15 is 0 Å². The Balaban J connectivity index is 1.89. The third-order valence-corrected chi connectivity index (χ3v) is 3.45. The molecule has 0 unspecified atom stereocenters. The van der Waals surface area contributed by atoms with Gasteiger partial charge in [-0.25, -0.2) is 0 Å². The van der Waals surface area contributed by atoms with Gasteiger partial charge in [-0.05, 0) is 12.5 Å². The number of hydrogen-bond acceptors (Lipinski definition) is 5. The zero-order valence-corrected chi connectivity index (χ0v) is 12.0. The largest absolute Gasteiger partial charge is 0.417 e. The van der Waals surface area contributed by atoms with E-state index < -0.39 is 11.7 Å². The van der Waals surface area contributed by atoms with Gasteiger partial charge in [0.1, 0.15) is 0 Å². The lowest BCUT2D eigenvalue weighted by atomic mass is 10.3. The molecule has 0 spiro atoms. The zero-order valence-electron chi connectivity index (χ0n) is 11.3. The van der Waals surface area contributed by atoms with Gasteiger partial charge >= 0.3 is 6.18 Å². The van der Waals surface area contributed by atoms with Crippen molar-refractivity contribution in [2.45, 2.75) is 19.1 Å². The minimum absolute atomic E-state index is 0.0956. The maximum Gasteiger partial charge on any atom is 0.417 e. The summed E-state index contributed by atoms with van der Waals surface area (Å²) in [6, 6.07) is 0.843. The summed E-state index contributed by atoms with van der Waals surface area (Å²) in [7, 11) is 0. The minimum Gasteiger partial charge on any atom is -0.356 e. The van der Waals surface area contributed by atoms with Crippen LogP contribution in [0.4, 0.5) is 13.2 Å². The van der Waals surface area contributed by atoms with Crippen LogP contribution in [0.2, 0.25) is 5.02 Å². The van der Waals surface area contributed by atoms with Crippen molar-refractivity contribution in [1.82, 2.24) is 25.2 Å². The summed E-state index contributed by atoms with van der Waals surface area (Å²) in [4.78, 5) is 4.21. The molecule has 22 heavy (non-hydrogen) atoms. The van der Waals surface area contributed by atoms with Crippen LogP contribution in [0.3, 0.4) is 0 Å². The molecule has 10 heteroatoms. The standard InChI is InChI=1S/C12H12ClF3N6/c13-8-4-7(12(14,15)16)6-22-9(20-21-10(8)22)5-19-11-17-2-1-3-18-11/h4,6H,1-3,5H2,(H2,17,18,19). The number of aliphatic imine (C=N–C) groups is 1. The number of halogens is 4. The topological polar surface area (TPSA) is 66.6 Å². The van der Waals surface area contributed by atoms with Crippen LogP contribution in [0.25, 0.3) is 5.65 Å². The molecule has 2 aromatic heterocycles. The van der Waals surface area contributed by atoms with Gasteiger partial charge < -0.3 is 10.6 Å². The third kappa shape index (κ3) is 2.94. The second kappa shape index (κ2) is 5.64. The molecule has 0 saturated heterocycles. The van der Waals surface area contributed by atoms with Crippen molar-refractivity contribution in [3.8, 4) is 0 Å². The second-order valence-corrected chi connectivity index (χ2v) is 5.16. The van der Waals surface area contributed by atoms with E-state index in [9.17, 15) is 13.2 Å². The van der Waals surface area contributed by atoms with Gasteiger partial charge in [-0.2, -0.15) is 13.2 Å². The average Bonchev–Trinajstić information content (AvgIpc) is 2.89. The number of alkyl halides is 3. The van der Waals surface area contributed by atoms with Gasteiger partial charge in [0.15, 0.2) is 17.4 Å². The first-order chi connectivity index (χ1) is 10.4. The lowest BCUT2D eigenvalue weighted by Crippen LogP contribution is -2.40. The molecule has 0 aliphatic carbocycles. The van der Waals surface area contributed by atoms with Crippen LogP contribution in [0.1, 0.15) is 17.8 Å². The molecule has 0 radical (unpaired) electrons. The lowest BCUT2D eigenvalue weighted by Gasteiger charge is -2.15. The van der Waals surface area contributed by atoms with Crippen LogP contribution in [-0.4, -0.2) is 33.6 Å². The first kappa shape index (κ1) is 14.9. The van der Waals surface area contributed by atoms with Crippen LogP contribution in [0.5, 0.6) is 0 Å². The number of aromatic nitrogens is 3. The number of nitrogens with zero attached hydrogens (tertiary/aromatic N) is 4. The van der Waals surface area contributed by atoms with Gasteiger partial charge in [0.05, 0.1) is 17.1 Å². The molecule has 0 aromatic carbocycles. The maximum absolute atomic E-state index is 12.9. The average molecular weight is 333 g/mol. The smallest absolute Gasteiger partial charge is 0.356 e. The fourth-order valence-corrected chi connectivity index (χ4v) is 2.34. The predicted octanol–water partition coefficient (Wildman–Crippen LogP) is 1.84. The number of fused-ring (bicyclic) bond motifs is 1. The van der Waals surface area contributed by atoms with Crippen LogP contribution in [0, 0.1) is 0 Å². The van der Waals surface area contributed by atoms with E-state index in [2.05, 4.69) is 25.8 Å². The van der Waals surface area contributed by atoms with Crippen molar-refractivity contribution in [3.05, 3.63) is 28.7 Å². The molecule has 0 saturated carbocycles. The van der Waals surface area contributed by atoms with Crippen molar-refractivity contribution >= 4 is 23.2 Å². The van der Waals surface area contributed by atoms with E-state index in [1.54, 1.807) is 0 Å². The molecule has 0 amide bonds. The van der Waals surface area contributed by atoms with Gasteiger partial charge in [0.2, 0.25) is 0 Å². The fraction of sp³-hybridized carbons (Fsp3) is 0.417. The zero-order chi connectivity index (χ0) is 15.7. The molecule has 1 aliphatic heterocycles. The Morgan fingerprint density at radius 2 is 2.18 bits per heavy atom. The molecule has 0 fully saturated rings. The number of guanidine groups is 1. The van der Waals surface area contributed by atoms with E-state index in [-0.39, 0.29) is 17.2 Å². The second-order valence-electron chi connectivity index (χ2n) is 4.75. The molecule has 6 nitrogen and oxygen atoms in total. The SMILES string of the molecule is FC(F)(F)c1cc(Cl)c2nnc(CNC3=NCCCN3)n2c1. The molecule has 0 atom stereocenters. The van der Waals surface area contributed by atoms with Gasteiger partial charge in [-0.1, -0.05) is 11.6 Å². The van der Waals surface area contributed by atoms with E-state index in [1.165, 1.54) is 4.40 Å². The highest BCUT2D eigenvalue weighted by Gasteiger charge is 2.32. The summed E-state index contributed by atoms with van der Waals surface area (Å²) in [5, 5.41) is 13.6. The Kier molecular flexibility index (Phi) is 3.81. The van der Waals surface area contributed by atoms with Crippen molar-refractivity contribution in [1.29, 1.82) is 0 Å². The summed E-state index contributed by atoms with van der Waals surface area (Å²) < 4.78 is 39.8. The molecule has 2 aromatic rings. The highest BCUT2D eigenvalue weighted by molar-refractivity contribution is 6.33. The normalized spacial score (nSPS) is 15.5. The molecule has 1 aliphatic rings. The number of pyridine rings is 1. The predicted molar refractivity (Wildman–Crippen MR) is 74.8 cm³/mol. The van der Waals surface area contributed by atoms with E-state index in [1.807, 2.05) is 0 Å². The van der Waals surface area contributed by atoms with Crippen LogP contribution in [0.15, 0.2) is 17.3 Å². The fourth-order valence-electron chi connectivity index (χ4n) is 2.09. The Bertz CT molecular complexity index is 723. The van der Waals surface area contributed by atoms with Crippen LogP contribution < -0.4 is 10.6 Å². The molecular formula is C12H12ClF3N6. The number of nitrogens with one attached hydrogen (secondary N) is 2. The van der Waals surface area contributed by atoms with Crippen LogP contribution >= 0.6 is 11.6 Å². The Labute approximate surface area is 128 Å². The van der Waals surface area contributed by atoms with Crippen molar-refractivity contribution in [3.63, 3.8) is 0 Å². The number of rotatable bonds is 2. The molecule has 3 heterocycles. The van der Waals surface area contributed by atoms with E-state index in [0.29, 0.717) is 18.3 Å². The molecule has 2 N–H and O–H groups in total. The van der Waals surface area contributed by atoms with E-state index in [4.69, 9.17) is 11.6 Å². The monoisotopic (exact) mass is 332 g/mol. The Hall–Kier alpha value is -2.03. The quantitative estimate of drug-likeness (QED) is 0.880. The van der Waals surface area contributed by atoms with Crippen LogP contribution in [-0.2, 0) is 12.7 Å². The summed E-state index contributed by atoms with van der Waals surface area (Å²) >= 11 is 5.85. The van der Waals surface area contributed by atoms with E-state index in [0.717, 1.165) is 25.2 Å². The molecular weight excluding hydrogens is 321 g/mol. The van der Waals surface area contributed by atoms with Crippen molar-refractivity contribution in [2.75, 3.05) is 13.1 Å². The van der Waals surface area contributed by atoms with Gasteiger partial charge in [0.25, 0.3) is 0 Å². The minimum atomic E-state index is -4.48. The van der Waals surface area contributed by atoms with Crippen molar-refractivity contribution < 1.29 is 13.2 Å². The van der Waals surface area contributed by atoms with Gasteiger partial charge in [-0.15, -0.1) is 10.2 Å². The Morgan fingerprint density at radius 3 is 2.86 bits per heavy atom.